The second-order valence-electron chi connectivity index (χ2n) is 4.58. The second-order valence-corrected chi connectivity index (χ2v) is 4.58. The zero-order valence-electron chi connectivity index (χ0n) is 10.8. The first-order valence-electron chi connectivity index (χ1n) is 6.27. The van der Waals surface area contributed by atoms with Crippen molar-refractivity contribution in [3.05, 3.63) is 40.7 Å². The molecule has 7 heteroatoms. The average Bonchev–Trinajstić information content (AvgIpc) is 2.94. The first-order chi connectivity index (χ1) is 10.2. The fourth-order valence-corrected chi connectivity index (χ4v) is 2.26. The summed E-state index contributed by atoms with van der Waals surface area (Å²) in [6.07, 6.45) is 0. The number of H-pyrrole nitrogens is 1. The molecule has 2 aromatic heterocycles. The van der Waals surface area contributed by atoms with Crippen molar-refractivity contribution in [3.8, 4) is 22.8 Å². The van der Waals surface area contributed by atoms with Gasteiger partial charge in [0.15, 0.2) is 17.0 Å². The highest BCUT2D eigenvalue weighted by molar-refractivity contribution is 5.78. The summed E-state index contributed by atoms with van der Waals surface area (Å²) >= 11 is 0. The number of ether oxygens (including phenoxy) is 2. The van der Waals surface area contributed by atoms with Crippen LogP contribution in [0.4, 0.5) is 5.95 Å². The van der Waals surface area contributed by atoms with Crippen LogP contribution in [0.2, 0.25) is 0 Å². The van der Waals surface area contributed by atoms with Gasteiger partial charge in [0, 0.05) is 5.56 Å². The van der Waals surface area contributed by atoms with E-state index in [2.05, 4.69) is 15.0 Å². The predicted octanol–water partition coefficient (Wildman–Crippen LogP) is 1.30. The zero-order chi connectivity index (χ0) is 14.4. The highest BCUT2D eigenvalue weighted by Gasteiger charge is 2.15. The van der Waals surface area contributed by atoms with Crippen LogP contribution in [0.3, 0.4) is 0 Å². The Morgan fingerprint density at radius 1 is 1.10 bits per heavy atom. The van der Waals surface area contributed by atoms with Gasteiger partial charge in [-0.2, -0.15) is 0 Å². The van der Waals surface area contributed by atoms with E-state index in [9.17, 15) is 4.79 Å². The lowest BCUT2D eigenvalue weighted by atomic mass is 10.1. The maximum absolute atomic E-state index is 11.9. The van der Waals surface area contributed by atoms with E-state index < -0.39 is 0 Å². The third kappa shape index (κ3) is 1.86. The molecular formula is C14H10N4O3. The Morgan fingerprint density at radius 3 is 2.86 bits per heavy atom. The molecule has 7 nitrogen and oxygen atoms in total. The first-order valence-corrected chi connectivity index (χ1v) is 6.27. The number of benzene rings is 1. The number of fused-ring (bicyclic) bond motifs is 2. The van der Waals surface area contributed by atoms with E-state index in [1.54, 1.807) is 12.1 Å². The molecule has 0 amide bonds. The first kappa shape index (κ1) is 11.7. The number of nitrogens with zero attached hydrogens (tertiary/aromatic N) is 2. The van der Waals surface area contributed by atoms with E-state index in [0.29, 0.717) is 22.7 Å². The third-order valence-electron chi connectivity index (χ3n) is 3.24. The largest absolute Gasteiger partial charge is 0.454 e. The Labute approximate surface area is 118 Å². The van der Waals surface area contributed by atoms with Crippen molar-refractivity contribution in [2.24, 2.45) is 0 Å². The van der Waals surface area contributed by atoms with Gasteiger partial charge in [-0.15, -0.1) is 0 Å². The summed E-state index contributed by atoms with van der Waals surface area (Å²) in [4.78, 5) is 22.7. The van der Waals surface area contributed by atoms with E-state index in [-0.39, 0.29) is 23.8 Å². The van der Waals surface area contributed by atoms with Gasteiger partial charge in [0.25, 0.3) is 5.56 Å². The van der Waals surface area contributed by atoms with Crippen LogP contribution in [0.15, 0.2) is 35.1 Å². The zero-order valence-corrected chi connectivity index (χ0v) is 10.8. The number of nitrogens with two attached hydrogens (primary N) is 1. The minimum absolute atomic E-state index is 0.0742. The number of aromatic amines is 1. The summed E-state index contributed by atoms with van der Waals surface area (Å²) < 4.78 is 10.6. The quantitative estimate of drug-likeness (QED) is 0.697. The molecule has 3 aromatic rings. The lowest BCUT2D eigenvalue weighted by molar-refractivity contribution is 0.174. The molecule has 1 aliphatic rings. The van der Waals surface area contributed by atoms with Crippen molar-refractivity contribution in [1.29, 1.82) is 0 Å². The Balaban J connectivity index is 1.89. The molecule has 0 fully saturated rings. The lowest BCUT2D eigenvalue weighted by Crippen LogP contribution is -2.12. The van der Waals surface area contributed by atoms with Crippen molar-refractivity contribution in [3.63, 3.8) is 0 Å². The number of rotatable bonds is 1. The third-order valence-corrected chi connectivity index (χ3v) is 3.24. The van der Waals surface area contributed by atoms with E-state index in [4.69, 9.17) is 15.2 Å². The van der Waals surface area contributed by atoms with E-state index in [1.807, 2.05) is 18.2 Å². The Morgan fingerprint density at radius 2 is 1.95 bits per heavy atom. The van der Waals surface area contributed by atoms with Crippen molar-refractivity contribution >= 4 is 17.0 Å². The number of anilines is 1. The summed E-state index contributed by atoms with van der Waals surface area (Å²) in [6, 6.07) is 9.00. The molecule has 0 spiro atoms. The van der Waals surface area contributed by atoms with Crippen LogP contribution in [0.5, 0.6) is 11.5 Å². The molecule has 3 N–H and O–H groups in total. The molecule has 3 heterocycles. The topological polar surface area (TPSA) is 103 Å². The SMILES string of the molecule is Nc1nc2ccc(-c3ccc4c(c3)OCO4)nc2c(=O)[nH]1. The average molecular weight is 282 g/mol. The summed E-state index contributed by atoms with van der Waals surface area (Å²) in [5.74, 6) is 1.44. The molecule has 0 saturated heterocycles. The van der Waals surface area contributed by atoms with Gasteiger partial charge in [-0.1, -0.05) is 0 Å². The van der Waals surface area contributed by atoms with Crippen LogP contribution in [0.25, 0.3) is 22.3 Å². The van der Waals surface area contributed by atoms with Crippen molar-refractivity contribution < 1.29 is 9.47 Å². The van der Waals surface area contributed by atoms with Gasteiger partial charge in [0.2, 0.25) is 12.7 Å². The minimum atomic E-state index is -0.361. The Kier molecular flexibility index (Phi) is 2.34. The molecule has 0 unspecified atom stereocenters. The van der Waals surface area contributed by atoms with Gasteiger partial charge in [-0.05, 0) is 30.3 Å². The molecule has 104 valence electrons. The van der Waals surface area contributed by atoms with Crippen LogP contribution in [-0.4, -0.2) is 21.7 Å². The molecule has 0 bridgehead atoms. The molecule has 0 radical (unpaired) electrons. The molecule has 1 aliphatic heterocycles. The summed E-state index contributed by atoms with van der Waals surface area (Å²) in [5.41, 5.74) is 7.34. The van der Waals surface area contributed by atoms with Gasteiger partial charge in [0.05, 0.1) is 11.2 Å². The smallest absolute Gasteiger partial charge is 0.278 e. The molecule has 21 heavy (non-hydrogen) atoms. The van der Waals surface area contributed by atoms with Crippen LogP contribution < -0.4 is 20.8 Å². The molecular weight excluding hydrogens is 272 g/mol. The van der Waals surface area contributed by atoms with Crippen LogP contribution >= 0.6 is 0 Å². The van der Waals surface area contributed by atoms with Gasteiger partial charge in [-0.25, -0.2) is 9.97 Å². The number of nitrogens with one attached hydrogen (secondary N) is 1. The maximum Gasteiger partial charge on any atom is 0.278 e. The van der Waals surface area contributed by atoms with E-state index in [0.717, 1.165) is 5.56 Å². The van der Waals surface area contributed by atoms with E-state index >= 15 is 0 Å². The Bertz CT molecular complexity index is 920. The normalized spacial score (nSPS) is 12.8. The van der Waals surface area contributed by atoms with Crippen molar-refractivity contribution in [2.75, 3.05) is 12.5 Å². The summed E-state index contributed by atoms with van der Waals surface area (Å²) in [6.45, 7) is 0.215. The second kappa shape index (κ2) is 4.20. The fraction of sp³-hybridized carbons (Fsp3) is 0.0714. The van der Waals surface area contributed by atoms with Gasteiger partial charge >= 0.3 is 0 Å². The van der Waals surface area contributed by atoms with Gasteiger partial charge in [0.1, 0.15) is 0 Å². The van der Waals surface area contributed by atoms with Crippen LogP contribution in [-0.2, 0) is 0 Å². The molecule has 4 rings (SSSR count). The van der Waals surface area contributed by atoms with Gasteiger partial charge < -0.3 is 15.2 Å². The van der Waals surface area contributed by atoms with Crippen LogP contribution in [0, 0.1) is 0 Å². The summed E-state index contributed by atoms with van der Waals surface area (Å²) in [5, 5.41) is 0. The number of aromatic nitrogens is 3. The monoisotopic (exact) mass is 282 g/mol. The molecule has 0 atom stereocenters. The molecule has 0 aliphatic carbocycles. The maximum atomic E-state index is 11.9. The summed E-state index contributed by atoms with van der Waals surface area (Å²) in [7, 11) is 0. The Hall–Kier alpha value is -3.09. The van der Waals surface area contributed by atoms with Crippen molar-refractivity contribution in [2.45, 2.75) is 0 Å². The lowest BCUT2D eigenvalue weighted by Gasteiger charge is -2.04. The number of hydrogen-bond donors (Lipinski definition) is 2. The standard InChI is InChI=1S/C14H10N4O3/c15-14-17-9-3-2-8(16-12(9)13(19)18-14)7-1-4-10-11(5-7)21-6-20-10/h1-5H,6H2,(H3,15,17,18,19). The molecule has 0 saturated carbocycles. The number of hydrogen-bond acceptors (Lipinski definition) is 6. The van der Waals surface area contributed by atoms with Crippen molar-refractivity contribution in [1.82, 2.24) is 15.0 Å². The highest BCUT2D eigenvalue weighted by atomic mass is 16.7. The number of pyridine rings is 1. The highest BCUT2D eigenvalue weighted by Crippen LogP contribution is 2.35. The van der Waals surface area contributed by atoms with E-state index in [1.165, 1.54) is 0 Å². The van der Waals surface area contributed by atoms with Gasteiger partial charge in [-0.3, -0.25) is 9.78 Å². The fourth-order valence-electron chi connectivity index (χ4n) is 2.26. The minimum Gasteiger partial charge on any atom is -0.454 e. The van der Waals surface area contributed by atoms with Crippen LogP contribution in [0.1, 0.15) is 0 Å². The molecule has 1 aromatic carbocycles. The predicted molar refractivity (Wildman–Crippen MR) is 76.1 cm³/mol. The number of nitrogen functional groups attached to an aromatic ring is 1.